The first-order chi connectivity index (χ1) is 11.8. The number of benzene rings is 2. The topological polar surface area (TPSA) is 32.3 Å². The summed E-state index contributed by atoms with van der Waals surface area (Å²) >= 11 is 1.52. The van der Waals surface area contributed by atoms with Crippen LogP contribution in [0.4, 0.5) is 28.0 Å². The Hall–Kier alpha value is -2.22. The summed E-state index contributed by atoms with van der Waals surface area (Å²) in [5.41, 5.74) is 0.0221. The second-order valence-corrected chi connectivity index (χ2v) is 6.66. The van der Waals surface area contributed by atoms with Gasteiger partial charge in [0.2, 0.25) is 0 Å². The van der Waals surface area contributed by atoms with Crippen molar-refractivity contribution in [3.05, 3.63) is 65.5 Å². The van der Waals surface area contributed by atoms with Gasteiger partial charge in [0.25, 0.3) is 0 Å². The summed E-state index contributed by atoms with van der Waals surface area (Å²) in [7, 11) is 0. The van der Waals surface area contributed by atoms with Gasteiger partial charge in [0.1, 0.15) is 11.2 Å². The highest BCUT2D eigenvalue weighted by atomic mass is 32.2. The molecular weight excluding hydrogens is 356 g/mol. The summed E-state index contributed by atoms with van der Waals surface area (Å²) in [6.45, 7) is 0.456. The van der Waals surface area contributed by atoms with E-state index in [2.05, 4.69) is 5.32 Å². The molecule has 3 nitrogen and oxygen atoms in total. The Balaban J connectivity index is 1.75. The number of nitrogens with one attached hydrogen (secondary N) is 1. The standard InChI is InChI=1S/C17H14F4N2OS/c18-13-6-4-11(5-7-13)15-23(8-9-25-15)16(24)22-14-3-1-2-12(10-14)17(19,20)21/h1-7,10,15H,8-9H2,(H,22,24)/t15-/m0/s1. The summed E-state index contributed by atoms with van der Waals surface area (Å²) in [6.07, 6.45) is -4.47. The third kappa shape index (κ3) is 4.07. The van der Waals surface area contributed by atoms with Crippen molar-refractivity contribution in [2.45, 2.75) is 11.6 Å². The minimum Gasteiger partial charge on any atom is -0.308 e. The van der Waals surface area contributed by atoms with Crippen LogP contribution in [0.5, 0.6) is 0 Å². The molecule has 0 unspecified atom stereocenters. The molecule has 1 N–H and O–H groups in total. The number of amides is 2. The van der Waals surface area contributed by atoms with Crippen LogP contribution in [-0.4, -0.2) is 23.2 Å². The zero-order valence-electron chi connectivity index (χ0n) is 12.9. The number of rotatable bonds is 2. The lowest BCUT2D eigenvalue weighted by molar-refractivity contribution is -0.137. The first-order valence-corrected chi connectivity index (χ1v) is 8.51. The van der Waals surface area contributed by atoms with Crippen molar-refractivity contribution in [1.29, 1.82) is 0 Å². The molecule has 0 aliphatic carbocycles. The maximum atomic E-state index is 13.1. The summed E-state index contributed by atoms with van der Waals surface area (Å²) in [4.78, 5) is 14.0. The number of hydrogen-bond acceptors (Lipinski definition) is 2. The molecule has 1 heterocycles. The zero-order chi connectivity index (χ0) is 18.0. The van der Waals surface area contributed by atoms with Gasteiger partial charge in [0.05, 0.1) is 5.56 Å². The SMILES string of the molecule is O=C(Nc1cccc(C(F)(F)F)c1)N1CCS[C@H]1c1ccc(F)cc1. The lowest BCUT2D eigenvalue weighted by Crippen LogP contribution is -2.34. The van der Waals surface area contributed by atoms with E-state index in [1.165, 1.54) is 40.9 Å². The van der Waals surface area contributed by atoms with Crippen LogP contribution in [0.3, 0.4) is 0 Å². The van der Waals surface area contributed by atoms with Crippen molar-refractivity contribution in [2.75, 3.05) is 17.6 Å². The van der Waals surface area contributed by atoms with Crippen LogP contribution in [0.1, 0.15) is 16.5 Å². The summed E-state index contributed by atoms with van der Waals surface area (Å²) in [5.74, 6) is 0.324. The molecule has 132 valence electrons. The number of halogens is 4. The minimum atomic E-state index is -4.47. The molecule has 2 aromatic carbocycles. The molecule has 3 rings (SSSR count). The quantitative estimate of drug-likeness (QED) is 0.744. The Labute approximate surface area is 146 Å². The summed E-state index contributed by atoms with van der Waals surface area (Å²) in [6, 6.07) is 9.84. The predicted octanol–water partition coefficient (Wildman–Crippen LogP) is 5.12. The molecule has 0 saturated carbocycles. The normalized spacial score (nSPS) is 17.6. The highest BCUT2D eigenvalue weighted by molar-refractivity contribution is 7.99. The van der Waals surface area contributed by atoms with E-state index in [4.69, 9.17) is 0 Å². The van der Waals surface area contributed by atoms with Crippen LogP contribution < -0.4 is 5.32 Å². The molecule has 0 bridgehead atoms. The number of hydrogen-bond donors (Lipinski definition) is 1. The second-order valence-electron chi connectivity index (χ2n) is 5.48. The fourth-order valence-corrected chi connectivity index (χ4v) is 3.81. The van der Waals surface area contributed by atoms with Crippen molar-refractivity contribution in [3.8, 4) is 0 Å². The lowest BCUT2D eigenvalue weighted by atomic mass is 10.2. The fraction of sp³-hybridized carbons (Fsp3) is 0.235. The van der Waals surface area contributed by atoms with Gasteiger partial charge in [-0.25, -0.2) is 9.18 Å². The van der Waals surface area contributed by atoms with E-state index < -0.39 is 17.8 Å². The van der Waals surface area contributed by atoms with E-state index in [0.717, 1.165) is 17.7 Å². The molecule has 0 spiro atoms. The highest BCUT2D eigenvalue weighted by Crippen LogP contribution is 2.38. The minimum absolute atomic E-state index is 0.0783. The Bertz CT molecular complexity index is 764. The van der Waals surface area contributed by atoms with Crippen LogP contribution in [-0.2, 0) is 6.18 Å². The highest BCUT2D eigenvalue weighted by Gasteiger charge is 2.32. The van der Waals surface area contributed by atoms with Crippen LogP contribution in [0, 0.1) is 5.82 Å². The van der Waals surface area contributed by atoms with E-state index in [-0.39, 0.29) is 16.9 Å². The Kier molecular flexibility index (Phi) is 4.89. The van der Waals surface area contributed by atoms with Gasteiger partial charge >= 0.3 is 12.2 Å². The van der Waals surface area contributed by atoms with Crippen molar-refractivity contribution in [2.24, 2.45) is 0 Å². The van der Waals surface area contributed by atoms with Crippen LogP contribution >= 0.6 is 11.8 Å². The van der Waals surface area contributed by atoms with Gasteiger partial charge in [-0.15, -0.1) is 11.8 Å². The van der Waals surface area contributed by atoms with E-state index in [9.17, 15) is 22.4 Å². The number of thioether (sulfide) groups is 1. The molecule has 0 aromatic heterocycles. The molecule has 25 heavy (non-hydrogen) atoms. The number of alkyl halides is 3. The number of urea groups is 1. The third-order valence-corrected chi connectivity index (χ3v) is 5.01. The number of carbonyl (C=O) groups is 1. The molecule has 8 heteroatoms. The Morgan fingerprint density at radius 1 is 1.16 bits per heavy atom. The molecule has 1 aliphatic heterocycles. The van der Waals surface area contributed by atoms with Crippen LogP contribution in [0.15, 0.2) is 48.5 Å². The van der Waals surface area contributed by atoms with Gasteiger partial charge in [-0.1, -0.05) is 18.2 Å². The lowest BCUT2D eigenvalue weighted by Gasteiger charge is -2.24. The Morgan fingerprint density at radius 2 is 1.88 bits per heavy atom. The summed E-state index contributed by atoms with van der Waals surface area (Å²) < 4.78 is 51.4. The average molecular weight is 370 g/mol. The molecule has 1 saturated heterocycles. The van der Waals surface area contributed by atoms with Crippen molar-refractivity contribution in [3.63, 3.8) is 0 Å². The van der Waals surface area contributed by atoms with Gasteiger partial charge in [0.15, 0.2) is 0 Å². The molecular formula is C17H14F4N2OS. The molecule has 1 fully saturated rings. The smallest absolute Gasteiger partial charge is 0.308 e. The summed E-state index contributed by atoms with van der Waals surface area (Å²) in [5, 5.41) is 2.21. The second kappa shape index (κ2) is 6.95. The van der Waals surface area contributed by atoms with Gasteiger partial charge < -0.3 is 10.2 Å². The first-order valence-electron chi connectivity index (χ1n) is 7.46. The van der Waals surface area contributed by atoms with Gasteiger partial charge in [-0.2, -0.15) is 13.2 Å². The van der Waals surface area contributed by atoms with Crippen molar-refractivity contribution < 1.29 is 22.4 Å². The first kappa shape index (κ1) is 17.6. The predicted molar refractivity (Wildman–Crippen MR) is 88.8 cm³/mol. The average Bonchev–Trinajstić information content (AvgIpc) is 3.05. The Morgan fingerprint density at radius 3 is 2.56 bits per heavy atom. The molecule has 2 amide bonds. The van der Waals surface area contributed by atoms with Crippen molar-refractivity contribution >= 4 is 23.5 Å². The van der Waals surface area contributed by atoms with Gasteiger partial charge in [0, 0.05) is 18.0 Å². The van der Waals surface area contributed by atoms with Crippen LogP contribution in [0.2, 0.25) is 0 Å². The zero-order valence-corrected chi connectivity index (χ0v) is 13.7. The molecule has 2 aromatic rings. The molecule has 1 aliphatic rings. The molecule has 1 atom stereocenters. The fourth-order valence-electron chi connectivity index (χ4n) is 2.55. The van der Waals surface area contributed by atoms with E-state index >= 15 is 0 Å². The van der Waals surface area contributed by atoms with E-state index in [1.54, 1.807) is 12.1 Å². The van der Waals surface area contributed by atoms with E-state index in [0.29, 0.717) is 12.3 Å². The van der Waals surface area contributed by atoms with Gasteiger partial charge in [-0.05, 0) is 35.9 Å². The number of nitrogens with zero attached hydrogens (tertiary/aromatic N) is 1. The van der Waals surface area contributed by atoms with Crippen LogP contribution in [0.25, 0.3) is 0 Å². The molecule has 0 radical (unpaired) electrons. The number of anilines is 1. The van der Waals surface area contributed by atoms with Crippen molar-refractivity contribution in [1.82, 2.24) is 4.90 Å². The van der Waals surface area contributed by atoms with Gasteiger partial charge in [-0.3, -0.25) is 0 Å². The largest absolute Gasteiger partial charge is 0.416 e. The monoisotopic (exact) mass is 370 g/mol. The maximum Gasteiger partial charge on any atom is 0.416 e. The van der Waals surface area contributed by atoms with E-state index in [1.807, 2.05) is 0 Å². The maximum absolute atomic E-state index is 13.1. The number of carbonyl (C=O) groups excluding carboxylic acids is 1. The third-order valence-electron chi connectivity index (χ3n) is 3.75.